The third kappa shape index (κ3) is 10.5. The number of anilines is 1. The Hall–Kier alpha value is -6.59. The van der Waals surface area contributed by atoms with E-state index >= 15 is 0 Å². The van der Waals surface area contributed by atoms with Gasteiger partial charge in [-0.15, -0.1) is 0 Å². The SMILES string of the molecule is CO/N=C(/C(=O)OC)c1ccccc1CO/N=C(\C)c1cccc(C(F)(F)F)c1.Cn1cc(C(=O)Nc2ccccc2-c2cc(F)c(F)c(F)c2)c(C(F)F)n1. The predicted octanol–water partition coefficient (Wildman–Crippen LogP) is 8.86. The molecule has 0 aliphatic rings. The van der Waals surface area contributed by atoms with Gasteiger partial charge in [0.25, 0.3) is 12.3 Å². The Morgan fingerprint density at radius 1 is 0.875 bits per heavy atom. The van der Waals surface area contributed by atoms with E-state index < -0.39 is 53.2 Å². The van der Waals surface area contributed by atoms with Crippen LogP contribution in [-0.4, -0.2) is 47.3 Å². The van der Waals surface area contributed by atoms with Gasteiger partial charge in [-0.1, -0.05) is 64.9 Å². The Balaban J connectivity index is 0.000000249. The molecule has 294 valence electrons. The van der Waals surface area contributed by atoms with Crippen LogP contribution in [0.2, 0.25) is 0 Å². The Labute approximate surface area is 314 Å². The molecule has 0 saturated carbocycles. The van der Waals surface area contributed by atoms with E-state index in [2.05, 4.69) is 20.7 Å². The maximum atomic E-state index is 13.5. The first-order valence-corrected chi connectivity index (χ1v) is 16.0. The number of nitrogens with one attached hydrogen (secondary N) is 1. The smallest absolute Gasteiger partial charge is 0.416 e. The van der Waals surface area contributed by atoms with E-state index in [0.29, 0.717) is 11.1 Å². The molecular formula is C38H31F8N5O5. The van der Waals surface area contributed by atoms with Gasteiger partial charge in [-0.2, -0.15) is 18.3 Å². The van der Waals surface area contributed by atoms with Crippen LogP contribution in [0.25, 0.3) is 11.1 Å². The van der Waals surface area contributed by atoms with Gasteiger partial charge in [0.15, 0.2) is 23.2 Å². The minimum absolute atomic E-state index is 0.0254. The van der Waals surface area contributed by atoms with Crippen LogP contribution in [0.4, 0.5) is 40.8 Å². The number of halogens is 8. The van der Waals surface area contributed by atoms with Crippen LogP contribution in [0, 0.1) is 17.5 Å². The van der Waals surface area contributed by atoms with Gasteiger partial charge in [0.05, 0.1) is 23.9 Å². The van der Waals surface area contributed by atoms with Gasteiger partial charge in [0, 0.05) is 35.6 Å². The van der Waals surface area contributed by atoms with Crippen LogP contribution in [0.15, 0.2) is 101 Å². The number of carbonyl (C=O) groups is 2. The number of carbonyl (C=O) groups excluding carboxylic acids is 2. The molecule has 5 aromatic rings. The second kappa shape index (κ2) is 18.6. The third-order valence-electron chi connectivity index (χ3n) is 7.64. The molecule has 0 aliphatic carbocycles. The van der Waals surface area contributed by atoms with Crippen LogP contribution in [0.5, 0.6) is 0 Å². The standard InChI is InChI=1S/C20H19F3N2O4.C18H12F5N3O/c1-13(14-8-6-9-16(11-14)20(21,22)23)24-29-12-15-7-4-5-10-17(15)18(25-28-3)19(26)27-2;1-26-8-11(16(25-26)17(22)23)18(27)24-14-5-3-2-4-10(14)9-6-12(19)15(21)13(20)7-9/h4-11H,12H2,1-3H3;2-8,17H,1H3,(H,24,27)/b24-13+,25-18+;. The molecule has 0 spiro atoms. The van der Waals surface area contributed by atoms with Crippen molar-refractivity contribution in [3.8, 4) is 11.1 Å². The Morgan fingerprint density at radius 3 is 2.18 bits per heavy atom. The highest BCUT2D eigenvalue weighted by Crippen LogP contribution is 2.32. The number of alkyl halides is 5. The number of aromatic nitrogens is 2. The van der Waals surface area contributed by atoms with E-state index in [1.165, 1.54) is 58.5 Å². The monoisotopic (exact) mass is 789 g/mol. The number of benzene rings is 4. The van der Waals surface area contributed by atoms with Crippen LogP contribution in [0.3, 0.4) is 0 Å². The number of methoxy groups -OCH3 is 1. The van der Waals surface area contributed by atoms with Gasteiger partial charge in [-0.05, 0) is 48.4 Å². The fourth-order valence-electron chi connectivity index (χ4n) is 5.02. The quantitative estimate of drug-likeness (QED) is 0.0470. The second-order valence-electron chi connectivity index (χ2n) is 11.5. The molecule has 5 rings (SSSR count). The summed E-state index contributed by atoms with van der Waals surface area (Å²) in [5, 5.41) is 13.6. The van der Waals surface area contributed by atoms with Gasteiger partial charge in [0.1, 0.15) is 19.4 Å². The van der Waals surface area contributed by atoms with E-state index in [-0.39, 0.29) is 46.0 Å². The molecular weight excluding hydrogens is 758 g/mol. The molecule has 0 atom stereocenters. The van der Waals surface area contributed by atoms with Crippen molar-refractivity contribution >= 4 is 29.0 Å². The minimum Gasteiger partial charge on any atom is -0.464 e. The van der Waals surface area contributed by atoms with Crippen molar-refractivity contribution in [3.05, 3.63) is 142 Å². The number of aryl methyl sites for hydroxylation is 1. The van der Waals surface area contributed by atoms with Gasteiger partial charge >= 0.3 is 12.1 Å². The number of hydrogen-bond donors (Lipinski definition) is 1. The fourth-order valence-corrected chi connectivity index (χ4v) is 5.02. The summed E-state index contributed by atoms with van der Waals surface area (Å²) in [5.41, 5.74) is -0.0315. The molecule has 1 N–H and O–H groups in total. The molecule has 0 saturated heterocycles. The summed E-state index contributed by atoms with van der Waals surface area (Å²) in [5.74, 6) is -5.95. The maximum absolute atomic E-state index is 13.5. The van der Waals surface area contributed by atoms with E-state index in [1.807, 2.05) is 0 Å². The van der Waals surface area contributed by atoms with Gasteiger partial charge in [-0.3, -0.25) is 9.48 Å². The molecule has 56 heavy (non-hydrogen) atoms. The summed E-state index contributed by atoms with van der Waals surface area (Å²) >= 11 is 0. The van der Waals surface area contributed by atoms with Crippen molar-refractivity contribution in [2.24, 2.45) is 17.4 Å². The lowest BCUT2D eigenvalue weighted by Gasteiger charge is -2.12. The zero-order valence-electron chi connectivity index (χ0n) is 29.8. The third-order valence-corrected chi connectivity index (χ3v) is 7.64. The van der Waals surface area contributed by atoms with Gasteiger partial charge in [-0.25, -0.2) is 26.7 Å². The highest BCUT2D eigenvalue weighted by Gasteiger charge is 2.30. The Kier molecular flexibility index (Phi) is 14.0. The first-order valence-electron chi connectivity index (χ1n) is 16.0. The maximum Gasteiger partial charge on any atom is 0.416 e. The second-order valence-corrected chi connectivity index (χ2v) is 11.5. The lowest BCUT2D eigenvalue weighted by molar-refractivity contribution is -0.137. The summed E-state index contributed by atoms with van der Waals surface area (Å²) < 4.78 is 111. The molecule has 18 heteroatoms. The van der Waals surface area contributed by atoms with Crippen LogP contribution in [-0.2, 0) is 39.0 Å². The Bertz CT molecular complexity index is 2230. The molecule has 0 bridgehead atoms. The number of nitrogens with zero attached hydrogens (tertiary/aromatic N) is 4. The number of para-hydroxylation sites is 1. The van der Waals surface area contributed by atoms with E-state index in [1.54, 1.807) is 30.3 Å². The average Bonchev–Trinajstić information content (AvgIpc) is 3.58. The molecule has 0 aliphatic heterocycles. The fraction of sp³-hybridized carbons (Fsp3) is 0.184. The Morgan fingerprint density at radius 2 is 1.54 bits per heavy atom. The highest BCUT2D eigenvalue weighted by atomic mass is 19.4. The van der Waals surface area contributed by atoms with Crippen molar-refractivity contribution in [2.75, 3.05) is 19.5 Å². The number of esters is 1. The van der Waals surface area contributed by atoms with Crippen molar-refractivity contribution < 1.29 is 59.1 Å². The minimum atomic E-state index is -4.44. The summed E-state index contributed by atoms with van der Waals surface area (Å²) in [4.78, 5) is 34.4. The molecule has 0 radical (unpaired) electrons. The lowest BCUT2D eigenvalue weighted by atomic mass is 10.0. The summed E-state index contributed by atoms with van der Waals surface area (Å²) in [6, 6.07) is 19.0. The lowest BCUT2D eigenvalue weighted by Crippen LogP contribution is -2.19. The van der Waals surface area contributed by atoms with Crippen molar-refractivity contribution in [3.63, 3.8) is 0 Å². The molecule has 1 heterocycles. The first-order chi connectivity index (χ1) is 26.5. The number of amides is 1. The van der Waals surface area contributed by atoms with E-state index in [9.17, 15) is 44.7 Å². The summed E-state index contributed by atoms with van der Waals surface area (Å²) in [7, 11) is 3.90. The summed E-state index contributed by atoms with van der Waals surface area (Å²) in [6.07, 6.45) is -6.26. The molecule has 1 amide bonds. The molecule has 10 nitrogen and oxygen atoms in total. The largest absolute Gasteiger partial charge is 0.464 e. The number of oxime groups is 2. The average molecular weight is 790 g/mol. The van der Waals surface area contributed by atoms with Gasteiger partial charge in [0.2, 0.25) is 0 Å². The van der Waals surface area contributed by atoms with Crippen molar-refractivity contribution in [1.82, 2.24) is 9.78 Å². The zero-order chi connectivity index (χ0) is 41.2. The zero-order valence-corrected chi connectivity index (χ0v) is 29.8. The molecule has 0 fully saturated rings. The summed E-state index contributed by atoms with van der Waals surface area (Å²) in [6.45, 7) is 1.49. The van der Waals surface area contributed by atoms with Crippen LogP contribution in [0.1, 0.15) is 51.7 Å². The van der Waals surface area contributed by atoms with E-state index in [0.717, 1.165) is 35.1 Å². The number of hydrogen-bond acceptors (Lipinski definition) is 8. The normalized spacial score (nSPS) is 11.8. The molecule has 1 aromatic heterocycles. The number of ether oxygens (including phenoxy) is 1. The van der Waals surface area contributed by atoms with Gasteiger partial charge < -0.3 is 19.7 Å². The number of rotatable bonds is 11. The van der Waals surface area contributed by atoms with Crippen molar-refractivity contribution in [2.45, 2.75) is 26.1 Å². The van der Waals surface area contributed by atoms with Crippen molar-refractivity contribution in [1.29, 1.82) is 0 Å². The predicted molar refractivity (Wildman–Crippen MR) is 188 cm³/mol. The van der Waals surface area contributed by atoms with E-state index in [4.69, 9.17) is 14.4 Å². The topological polar surface area (TPSA) is 116 Å². The first kappa shape index (κ1) is 42.2. The van der Waals surface area contributed by atoms with Crippen LogP contribution >= 0.6 is 0 Å². The molecule has 4 aromatic carbocycles. The molecule has 0 unspecified atom stereocenters. The highest BCUT2D eigenvalue weighted by molar-refractivity contribution is 6.43. The van der Waals surface area contributed by atoms with Crippen LogP contribution < -0.4 is 5.32 Å².